The summed E-state index contributed by atoms with van der Waals surface area (Å²) < 4.78 is 4.64. The largest absolute Gasteiger partial charge is 0.465 e. The number of carbonyl (C=O) groups is 1. The van der Waals surface area contributed by atoms with E-state index in [1.54, 1.807) is 12.3 Å². The summed E-state index contributed by atoms with van der Waals surface area (Å²) in [7, 11) is 1.36. The predicted octanol–water partition coefficient (Wildman–Crippen LogP) is 1.69. The number of anilines is 1. The number of rotatable bonds is 3. The average molecular weight is 194 g/mol. The minimum absolute atomic E-state index is 0.265. The van der Waals surface area contributed by atoms with E-state index in [4.69, 9.17) is 0 Å². The van der Waals surface area contributed by atoms with Crippen LogP contribution in [0.3, 0.4) is 0 Å². The maximum atomic E-state index is 11.3. The molecule has 0 fully saturated rings. The fourth-order valence-corrected chi connectivity index (χ4v) is 1.10. The fraction of sp³-hybridized carbons (Fsp3) is 0.400. The summed E-state index contributed by atoms with van der Waals surface area (Å²) in [6.07, 6.45) is 3.13. The first-order valence-corrected chi connectivity index (χ1v) is 4.44. The molecule has 4 nitrogen and oxygen atoms in total. The highest BCUT2D eigenvalue weighted by molar-refractivity contribution is 5.95. The molecule has 0 bridgehead atoms. The molecule has 0 spiro atoms. The maximum Gasteiger partial charge on any atom is 0.341 e. The lowest BCUT2D eigenvalue weighted by Gasteiger charge is -2.12. The second-order valence-electron chi connectivity index (χ2n) is 3.21. The second-order valence-corrected chi connectivity index (χ2v) is 3.21. The van der Waals surface area contributed by atoms with Crippen molar-refractivity contribution in [2.24, 2.45) is 0 Å². The SMILES string of the molecule is COC(=O)c1cnccc1NC(C)C. The Hall–Kier alpha value is -1.58. The number of nitrogens with zero attached hydrogens (tertiary/aromatic N) is 1. The first-order chi connectivity index (χ1) is 6.65. The Morgan fingerprint density at radius 3 is 2.86 bits per heavy atom. The van der Waals surface area contributed by atoms with Gasteiger partial charge in [-0.15, -0.1) is 0 Å². The molecular weight excluding hydrogens is 180 g/mol. The summed E-state index contributed by atoms with van der Waals surface area (Å²) in [6.45, 7) is 4.00. The zero-order chi connectivity index (χ0) is 10.6. The monoisotopic (exact) mass is 194 g/mol. The lowest BCUT2D eigenvalue weighted by Crippen LogP contribution is -2.14. The van der Waals surface area contributed by atoms with Gasteiger partial charge < -0.3 is 10.1 Å². The van der Waals surface area contributed by atoms with E-state index in [2.05, 4.69) is 15.0 Å². The highest BCUT2D eigenvalue weighted by atomic mass is 16.5. The van der Waals surface area contributed by atoms with Crippen LogP contribution in [0.1, 0.15) is 24.2 Å². The van der Waals surface area contributed by atoms with E-state index in [1.807, 2.05) is 13.8 Å². The molecule has 1 aromatic rings. The topological polar surface area (TPSA) is 51.2 Å². The summed E-state index contributed by atoms with van der Waals surface area (Å²) in [6, 6.07) is 2.02. The van der Waals surface area contributed by atoms with Crippen LogP contribution in [0, 0.1) is 0 Å². The van der Waals surface area contributed by atoms with E-state index < -0.39 is 0 Å². The molecule has 0 aliphatic heterocycles. The molecule has 1 rings (SSSR count). The quantitative estimate of drug-likeness (QED) is 0.744. The van der Waals surface area contributed by atoms with Crippen molar-refractivity contribution >= 4 is 11.7 Å². The van der Waals surface area contributed by atoms with Gasteiger partial charge in [0.05, 0.1) is 12.8 Å². The van der Waals surface area contributed by atoms with E-state index >= 15 is 0 Å². The number of ether oxygens (including phenoxy) is 1. The minimum atomic E-state index is -0.374. The van der Waals surface area contributed by atoms with Crippen molar-refractivity contribution in [1.29, 1.82) is 0 Å². The molecule has 0 aliphatic rings. The van der Waals surface area contributed by atoms with Crippen molar-refractivity contribution in [3.05, 3.63) is 24.0 Å². The summed E-state index contributed by atoms with van der Waals surface area (Å²) in [5.41, 5.74) is 1.21. The van der Waals surface area contributed by atoms with Crippen LogP contribution < -0.4 is 5.32 Å². The van der Waals surface area contributed by atoms with Gasteiger partial charge in [0.15, 0.2) is 0 Å². The highest BCUT2D eigenvalue weighted by Gasteiger charge is 2.11. The highest BCUT2D eigenvalue weighted by Crippen LogP contribution is 2.15. The van der Waals surface area contributed by atoms with Crippen molar-refractivity contribution in [2.45, 2.75) is 19.9 Å². The Morgan fingerprint density at radius 2 is 2.29 bits per heavy atom. The molecule has 0 aromatic carbocycles. The van der Waals surface area contributed by atoms with E-state index in [9.17, 15) is 4.79 Å². The van der Waals surface area contributed by atoms with Gasteiger partial charge in [-0.05, 0) is 19.9 Å². The van der Waals surface area contributed by atoms with Crippen molar-refractivity contribution in [3.8, 4) is 0 Å². The van der Waals surface area contributed by atoms with Crippen LogP contribution in [-0.2, 0) is 4.74 Å². The minimum Gasteiger partial charge on any atom is -0.465 e. The summed E-state index contributed by atoms with van der Waals surface area (Å²) in [4.78, 5) is 15.2. The number of nitrogens with one attached hydrogen (secondary N) is 1. The summed E-state index contributed by atoms with van der Waals surface area (Å²) in [5, 5.41) is 3.15. The number of methoxy groups -OCH3 is 1. The Kier molecular flexibility index (Phi) is 3.45. The third kappa shape index (κ3) is 2.45. The molecule has 0 radical (unpaired) electrons. The van der Waals surface area contributed by atoms with Crippen LogP contribution in [0.15, 0.2) is 18.5 Å². The Morgan fingerprint density at radius 1 is 1.57 bits per heavy atom. The van der Waals surface area contributed by atoms with E-state index in [-0.39, 0.29) is 12.0 Å². The zero-order valence-corrected chi connectivity index (χ0v) is 8.57. The van der Waals surface area contributed by atoms with Crippen molar-refractivity contribution in [1.82, 2.24) is 4.98 Å². The molecule has 0 saturated heterocycles. The van der Waals surface area contributed by atoms with Gasteiger partial charge >= 0.3 is 5.97 Å². The Bertz CT molecular complexity index is 324. The number of pyridine rings is 1. The van der Waals surface area contributed by atoms with Gasteiger partial charge in [0.25, 0.3) is 0 Å². The lowest BCUT2D eigenvalue weighted by molar-refractivity contribution is 0.0601. The molecular formula is C10H14N2O2. The van der Waals surface area contributed by atoms with Crippen LogP contribution in [0.4, 0.5) is 5.69 Å². The standard InChI is InChI=1S/C10H14N2O2/c1-7(2)12-9-4-5-11-6-8(9)10(13)14-3/h4-7H,1-3H3,(H,11,12). The smallest absolute Gasteiger partial charge is 0.341 e. The molecule has 1 aromatic heterocycles. The van der Waals surface area contributed by atoms with E-state index in [0.717, 1.165) is 5.69 Å². The Balaban J connectivity index is 2.97. The van der Waals surface area contributed by atoms with Crippen molar-refractivity contribution in [3.63, 3.8) is 0 Å². The predicted molar refractivity (Wildman–Crippen MR) is 54.3 cm³/mol. The number of aromatic nitrogens is 1. The van der Waals surface area contributed by atoms with Crippen LogP contribution in [0.5, 0.6) is 0 Å². The summed E-state index contributed by atoms with van der Waals surface area (Å²) in [5.74, 6) is -0.374. The maximum absolute atomic E-state index is 11.3. The van der Waals surface area contributed by atoms with Gasteiger partial charge in [0.1, 0.15) is 5.56 Å². The zero-order valence-electron chi connectivity index (χ0n) is 8.57. The molecule has 76 valence electrons. The van der Waals surface area contributed by atoms with Gasteiger partial charge in [-0.2, -0.15) is 0 Å². The number of hydrogen-bond donors (Lipinski definition) is 1. The van der Waals surface area contributed by atoms with Gasteiger partial charge in [-0.25, -0.2) is 4.79 Å². The molecule has 0 atom stereocenters. The molecule has 0 unspecified atom stereocenters. The number of hydrogen-bond acceptors (Lipinski definition) is 4. The molecule has 1 heterocycles. The lowest BCUT2D eigenvalue weighted by atomic mass is 10.2. The van der Waals surface area contributed by atoms with E-state index in [1.165, 1.54) is 13.3 Å². The first-order valence-electron chi connectivity index (χ1n) is 4.44. The second kappa shape index (κ2) is 4.60. The van der Waals surface area contributed by atoms with Crippen LogP contribution in [0.25, 0.3) is 0 Å². The number of carbonyl (C=O) groups excluding carboxylic acids is 1. The van der Waals surface area contributed by atoms with Crippen LogP contribution in [0.2, 0.25) is 0 Å². The fourth-order valence-electron chi connectivity index (χ4n) is 1.10. The molecule has 14 heavy (non-hydrogen) atoms. The van der Waals surface area contributed by atoms with Gasteiger partial charge in [0, 0.05) is 18.4 Å². The van der Waals surface area contributed by atoms with Crippen molar-refractivity contribution < 1.29 is 9.53 Å². The third-order valence-electron chi connectivity index (χ3n) is 1.67. The van der Waals surface area contributed by atoms with Gasteiger partial charge in [0.2, 0.25) is 0 Å². The number of esters is 1. The molecule has 0 saturated carbocycles. The molecule has 0 amide bonds. The molecule has 1 N–H and O–H groups in total. The van der Waals surface area contributed by atoms with Gasteiger partial charge in [-0.1, -0.05) is 0 Å². The van der Waals surface area contributed by atoms with Crippen LogP contribution >= 0.6 is 0 Å². The van der Waals surface area contributed by atoms with Crippen molar-refractivity contribution in [2.75, 3.05) is 12.4 Å². The third-order valence-corrected chi connectivity index (χ3v) is 1.67. The summed E-state index contributed by atoms with van der Waals surface area (Å²) >= 11 is 0. The average Bonchev–Trinajstić information content (AvgIpc) is 2.16. The van der Waals surface area contributed by atoms with Crippen LogP contribution in [-0.4, -0.2) is 24.1 Å². The normalized spacial score (nSPS) is 10.0. The molecule has 0 aliphatic carbocycles. The molecule has 4 heteroatoms. The van der Waals surface area contributed by atoms with E-state index in [0.29, 0.717) is 5.56 Å². The Labute approximate surface area is 83.3 Å². The first kappa shape index (κ1) is 10.5. The van der Waals surface area contributed by atoms with Gasteiger partial charge in [-0.3, -0.25) is 4.98 Å².